The summed E-state index contributed by atoms with van der Waals surface area (Å²) in [5, 5.41) is 2.11. The van der Waals surface area contributed by atoms with Crippen LogP contribution in [0.1, 0.15) is 10.4 Å². The van der Waals surface area contributed by atoms with Gasteiger partial charge in [0.15, 0.2) is 11.5 Å². The van der Waals surface area contributed by atoms with E-state index in [1.807, 2.05) is 42.5 Å². The number of halogens is 1. The second kappa shape index (κ2) is 5.81. The monoisotopic (exact) mass is 384 g/mol. The molecule has 0 radical (unpaired) electrons. The molecule has 0 aliphatic carbocycles. The fraction of sp³-hybridized carbons (Fsp3) is 0.0556. The van der Waals surface area contributed by atoms with E-state index >= 15 is 0 Å². The summed E-state index contributed by atoms with van der Waals surface area (Å²) in [6, 6.07) is 17.2. The Hall–Kier alpha value is -2.57. The van der Waals surface area contributed by atoms with Crippen LogP contribution in [-0.2, 0) is 0 Å². The van der Waals surface area contributed by atoms with Crippen molar-refractivity contribution < 1.29 is 14.5 Å². The van der Waals surface area contributed by atoms with E-state index in [4.69, 9.17) is 9.68 Å². The van der Waals surface area contributed by atoms with E-state index in [1.54, 1.807) is 24.1 Å². The summed E-state index contributed by atoms with van der Waals surface area (Å²) < 4.78 is 0.644. The third-order valence-electron chi connectivity index (χ3n) is 4.00. The van der Waals surface area contributed by atoms with Crippen LogP contribution in [0.5, 0.6) is 11.5 Å². The zero-order valence-corrected chi connectivity index (χ0v) is 14.3. The zero-order valence-electron chi connectivity index (χ0n) is 12.7. The van der Waals surface area contributed by atoms with Crippen molar-refractivity contribution in [2.75, 3.05) is 11.9 Å². The second-order valence-corrected chi connectivity index (χ2v) is 6.28. The minimum absolute atomic E-state index is 0.142. The molecule has 1 aliphatic heterocycles. The van der Waals surface area contributed by atoms with E-state index in [2.05, 4.69) is 21.6 Å². The van der Waals surface area contributed by atoms with Crippen molar-refractivity contribution in [3.05, 3.63) is 64.6 Å². The van der Waals surface area contributed by atoms with Crippen LogP contribution in [0, 0.1) is 0 Å². The van der Waals surface area contributed by atoms with Crippen LogP contribution in [0.25, 0.3) is 10.8 Å². The van der Waals surface area contributed by atoms with Gasteiger partial charge in [-0.1, -0.05) is 36.4 Å². The smallest absolute Gasteiger partial charge is 0.259 e. The highest BCUT2D eigenvalue weighted by atomic mass is 79.9. The summed E-state index contributed by atoms with van der Waals surface area (Å²) in [7, 11) is 1.76. The fourth-order valence-corrected chi connectivity index (χ4v) is 3.25. The Morgan fingerprint density at radius 3 is 2.58 bits per heavy atom. The molecule has 0 unspecified atom stereocenters. The normalized spacial score (nSPS) is 12.4. The van der Waals surface area contributed by atoms with Crippen LogP contribution < -0.4 is 20.2 Å². The van der Waals surface area contributed by atoms with Crippen LogP contribution in [-0.4, -0.2) is 13.0 Å². The summed E-state index contributed by atoms with van der Waals surface area (Å²) in [5.74, 6) is 0.871. The van der Waals surface area contributed by atoms with Crippen LogP contribution >= 0.6 is 15.9 Å². The van der Waals surface area contributed by atoms with Crippen molar-refractivity contribution in [2.45, 2.75) is 0 Å². The zero-order chi connectivity index (χ0) is 16.7. The molecule has 120 valence electrons. The lowest BCUT2D eigenvalue weighted by atomic mass is 10.1. The molecular formula is C18H13BrN2O3. The van der Waals surface area contributed by atoms with E-state index in [-0.39, 0.29) is 5.91 Å². The summed E-state index contributed by atoms with van der Waals surface area (Å²) in [6.07, 6.45) is 0. The van der Waals surface area contributed by atoms with Gasteiger partial charge in [0.2, 0.25) is 0 Å². The van der Waals surface area contributed by atoms with Gasteiger partial charge in [0, 0.05) is 34.7 Å². The maximum Gasteiger partial charge on any atom is 0.259 e. The Morgan fingerprint density at radius 1 is 1.04 bits per heavy atom. The largest absolute Gasteiger partial charge is 0.370 e. The minimum atomic E-state index is -0.142. The Labute approximate surface area is 146 Å². The highest BCUT2D eigenvalue weighted by molar-refractivity contribution is 9.10. The van der Waals surface area contributed by atoms with Crippen LogP contribution in [0.4, 0.5) is 5.69 Å². The molecule has 24 heavy (non-hydrogen) atoms. The first kappa shape index (κ1) is 15.0. The van der Waals surface area contributed by atoms with Gasteiger partial charge in [0.25, 0.3) is 5.91 Å². The average molecular weight is 385 g/mol. The molecule has 3 aromatic rings. The molecule has 4 rings (SSSR count). The van der Waals surface area contributed by atoms with E-state index in [0.29, 0.717) is 21.5 Å². The summed E-state index contributed by atoms with van der Waals surface area (Å²) in [5.41, 5.74) is 3.67. The quantitative estimate of drug-likeness (QED) is 0.723. The van der Waals surface area contributed by atoms with Crippen molar-refractivity contribution in [1.82, 2.24) is 5.64 Å². The molecule has 5 nitrogen and oxygen atoms in total. The van der Waals surface area contributed by atoms with Gasteiger partial charge in [-0.15, -0.1) is 0 Å². The number of benzene rings is 3. The van der Waals surface area contributed by atoms with E-state index in [1.165, 1.54) is 0 Å². The van der Waals surface area contributed by atoms with Gasteiger partial charge in [-0.05, 0) is 27.4 Å². The molecule has 0 aromatic heterocycles. The number of nitrogens with one attached hydrogen (secondary N) is 1. The molecule has 1 aliphatic rings. The van der Waals surface area contributed by atoms with Gasteiger partial charge in [0.1, 0.15) is 0 Å². The lowest BCUT2D eigenvalue weighted by Gasteiger charge is -2.20. The Balaban J connectivity index is 1.77. The van der Waals surface area contributed by atoms with Gasteiger partial charge in [0.05, 0.1) is 11.3 Å². The minimum Gasteiger partial charge on any atom is -0.370 e. The molecule has 6 heteroatoms. The lowest BCUT2D eigenvalue weighted by Crippen LogP contribution is -2.26. The summed E-state index contributed by atoms with van der Waals surface area (Å²) >= 11 is 3.43. The molecule has 1 amide bonds. The van der Waals surface area contributed by atoms with Gasteiger partial charge in [-0.25, -0.2) is 0 Å². The first-order valence-electron chi connectivity index (χ1n) is 7.33. The van der Waals surface area contributed by atoms with Crippen molar-refractivity contribution in [2.24, 2.45) is 0 Å². The molecule has 1 heterocycles. The molecule has 0 spiro atoms. The summed E-state index contributed by atoms with van der Waals surface area (Å²) in [4.78, 5) is 24.9. The highest BCUT2D eigenvalue weighted by Gasteiger charge is 2.23. The van der Waals surface area contributed by atoms with E-state index < -0.39 is 0 Å². The number of carbonyl (C=O) groups excluding carboxylic acids is 1. The number of carbonyl (C=O) groups is 1. The van der Waals surface area contributed by atoms with Crippen LogP contribution in [0.15, 0.2) is 59.1 Å². The van der Waals surface area contributed by atoms with E-state index in [0.717, 1.165) is 16.5 Å². The van der Waals surface area contributed by atoms with Gasteiger partial charge >= 0.3 is 0 Å². The van der Waals surface area contributed by atoms with E-state index in [9.17, 15) is 4.79 Å². The number of nitrogens with zero attached hydrogens (tertiary/aromatic N) is 1. The highest BCUT2D eigenvalue weighted by Crippen LogP contribution is 2.37. The molecular weight excluding hydrogens is 372 g/mol. The number of hydrogen-bond acceptors (Lipinski definition) is 4. The Bertz CT molecular complexity index is 953. The molecule has 3 aromatic carbocycles. The third-order valence-corrected chi connectivity index (χ3v) is 4.66. The predicted octanol–water partition coefficient (Wildman–Crippen LogP) is 4.07. The van der Waals surface area contributed by atoms with Crippen molar-refractivity contribution in [3.8, 4) is 11.5 Å². The first-order chi connectivity index (χ1) is 11.6. The van der Waals surface area contributed by atoms with Gasteiger partial charge in [-0.3, -0.25) is 4.79 Å². The molecule has 0 saturated carbocycles. The number of fused-ring (bicyclic) bond motifs is 2. The SMILES string of the molecule is CN(C(=O)c1cc2c(cc1Br)ONO2)c1cccc2ccccc12. The number of rotatable bonds is 2. The van der Waals surface area contributed by atoms with Crippen molar-refractivity contribution in [1.29, 1.82) is 0 Å². The van der Waals surface area contributed by atoms with Gasteiger partial charge in [-0.2, -0.15) is 0 Å². The Morgan fingerprint density at radius 2 is 1.75 bits per heavy atom. The Kier molecular flexibility index (Phi) is 3.63. The maximum absolute atomic E-state index is 13.0. The predicted molar refractivity (Wildman–Crippen MR) is 95.2 cm³/mol. The molecule has 0 fully saturated rings. The molecule has 0 saturated heterocycles. The standard InChI is InChI=1S/C18H13BrN2O3/c1-21(15-8-4-6-11-5-2-3-7-12(11)15)18(22)13-9-16-17(10-14(13)19)24-20-23-16/h2-10,20H,1H3. The lowest BCUT2D eigenvalue weighted by molar-refractivity contribution is 0.0259. The topological polar surface area (TPSA) is 50.8 Å². The average Bonchev–Trinajstić information content (AvgIpc) is 3.06. The second-order valence-electron chi connectivity index (χ2n) is 5.43. The molecule has 0 atom stereocenters. The maximum atomic E-state index is 13.0. The number of amides is 1. The number of hydrogen-bond donors (Lipinski definition) is 1. The van der Waals surface area contributed by atoms with Crippen LogP contribution in [0.3, 0.4) is 0 Å². The van der Waals surface area contributed by atoms with Crippen molar-refractivity contribution in [3.63, 3.8) is 0 Å². The third kappa shape index (κ3) is 2.40. The fourth-order valence-electron chi connectivity index (χ4n) is 2.76. The van der Waals surface area contributed by atoms with Crippen LogP contribution in [0.2, 0.25) is 0 Å². The molecule has 1 N–H and O–H groups in total. The van der Waals surface area contributed by atoms with Gasteiger partial charge < -0.3 is 14.6 Å². The summed E-state index contributed by atoms with van der Waals surface area (Å²) in [6.45, 7) is 0. The molecule has 0 bridgehead atoms. The van der Waals surface area contributed by atoms with Crippen molar-refractivity contribution >= 4 is 38.3 Å². The first-order valence-corrected chi connectivity index (χ1v) is 8.12. The number of anilines is 1.